The van der Waals surface area contributed by atoms with Gasteiger partial charge in [-0.05, 0) is 37.1 Å². The SMILES string of the molecule is CCOC(=O)c1sc(NC(=O)C=Cc2cccc([N+](=O)[O-])c2)cc1C. The standard InChI is InChI=1S/C17H16N2O5S/c1-3-24-17(21)16-11(2)9-15(25-16)18-14(20)8-7-12-5-4-6-13(10-12)19(22)23/h4-10H,3H2,1-2H3,(H,18,20). The summed E-state index contributed by atoms with van der Waals surface area (Å²) >= 11 is 1.13. The van der Waals surface area contributed by atoms with Crippen molar-refractivity contribution < 1.29 is 19.2 Å². The van der Waals surface area contributed by atoms with E-state index in [2.05, 4.69) is 5.32 Å². The molecule has 0 atom stereocenters. The molecule has 0 radical (unpaired) electrons. The number of esters is 1. The number of benzene rings is 1. The van der Waals surface area contributed by atoms with Crippen molar-refractivity contribution in [3.8, 4) is 0 Å². The Morgan fingerprint density at radius 2 is 2.12 bits per heavy atom. The lowest BCUT2D eigenvalue weighted by atomic mass is 10.2. The monoisotopic (exact) mass is 360 g/mol. The number of nitrogens with zero attached hydrogens (tertiary/aromatic N) is 1. The fourth-order valence-electron chi connectivity index (χ4n) is 2.02. The maximum atomic E-state index is 12.0. The Balaban J connectivity index is 2.05. The molecule has 1 aromatic carbocycles. The van der Waals surface area contributed by atoms with Crippen molar-refractivity contribution in [2.75, 3.05) is 11.9 Å². The van der Waals surface area contributed by atoms with E-state index < -0.39 is 16.8 Å². The molecular weight excluding hydrogens is 344 g/mol. The first-order valence-corrected chi connectivity index (χ1v) is 8.23. The van der Waals surface area contributed by atoms with Gasteiger partial charge < -0.3 is 10.1 Å². The summed E-state index contributed by atoms with van der Waals surface area (Å²) in [5.74, 6) is -0.819. The van der Waals surface area contributed by atoms with E-state index in [9.17, 15) is 19.7 Å². The predicted octanol–water partition coefficient (Wildman–Crippen LogP) is 3.79. The molecule has 0 fully saturated rings. The molecule has 1 aromatic heterocycles. The summed E-state index contributed by atoms with van der Waals surface area (Å²) in [5, 5.41) is 13.9. The Hall–Kier alpha value is -3.00. The maximum absolute atomic E-state index is 12.0. The molecular formula is C17H16N2O5S. The summed E-state index contributed by atoms with van der Waals surface area (Å²) in [6.45, 7) is 3.77. The number of rotatable bonds is 6. The summed E-state index contributed by atoms with van der Waals surface area (Å²) in [4.78, 5) is 34.4. The normalized spacial score (nSPS) is 10.6. The second-order valence-electron chi connectivity index (χ2n) is 5.02. The number of carbonyl (C=O) groups excluding carboxylic acids is 2. The minimum atomic E-state index is -0.497. The van der Waals surface area contributed by atoms with Crippen LogP contribution < -0.4 is 5.32 Å². The molecule has 7 nitrogen and oxygen atoms in total. The molecule has 25 heavy (non-hydrogen) atoms. The number of nitrogens with one attached hydrogen (secondary N) is 1. The summed E-state index contributed by atoms with van der Waals surface area (Å²) in [6.07, 6.45) is 2.76. The van der Waals surface area contributed by atoms with Crippen LogP contribution in [0.3, 0.4) is 0 Å². The third-order valence-electron chi connectivity index (χ3n) is 3.13. The molecule has 1 heterocycles. The van der Waals surface area contributed by atoms with Gasteiger partial charge in [0.15, 0.2) is 0 Å². The zero-order valence-electron chi connectivity index (χ0n) is 13.6. The summed E-state index contributed by atoms with van der Waals surface area (Å²) < 4.78 is 4.95. The lowest BCUT2D eigenvalue weighted by Crippen LogP contribution is -2.06. The van der Waals surface area contributed by atoms with Gasteiger partial charge in [-0.15, -0.1) is 11.3 Å². The van der Waals surface area contributed by atoms with Crippen LogP contribution in [0, 0.1) is 17.0 Å². The number of ether oxygens (including phenoxy) is 1. The van der Waals surface area contributed by atoms with Gasteiger partial charge in [0.05, 0.1) is 16.5 Å². The van der Waals surface area contributed by atoms with E-state index in [1.54, 1.807) is 32.0 Å². The first-order chi connectivity index (χ1) is 11.9. The van der Waals surface area contributed by atoms with Gasteiger partial charge in [0.1, 0.15) is 4.88 Å². The van der Waals surface area contributed by atoms with E-state index in [1.807, 2.05) is 0 Å². The zero-order chi connectivity index (χ0) is 18.4. The van der Waals surface area contributed by atoms with Crippen LogP contribution in [0.25, 0.3) is 6.08 Å². The van der Waals surface area contributed by atoms with Crippen molar-refractivity contribution in [1.29, 1.82) is 0 Å². The van der Waals surface area contributed by atoms with Crippen LogP contribution in [0.1, 0.15) is 27.7 Å². The van der Waals surface area contributed by atoms with E-state index in [0.29, 0.717) is 15.4 Å². The zero-order valence-corrected chi connectivity index (χ0v) is 14.5. The van der Waals surface area contributed by atoms with Crippen LogP contribution in [-0.2, 0) is 9.53 Å². The highest BCUT2D eigenvalue weighted by atomic mass is 32.1. The van der Waals surface area contributed by atoms with Crippen LogP contribution in [-0.4, -0.2) is 23.4 Å². The van der Waals surface area contributed by atoms with Gasteiger partial charge in [0.25, 0.3) is 5.69 Å². The molecule has 0 unspecified atom stereocenters. The molecule has 130 valence electrons. The molecule has 0 aliphatic heterocycles. The highest BCUT2D eigenvalue weighted by Gasteiger charge is 2.15. The topological polar surface area (TPSA) is 98.5 Å². The van der Waals surface area contributed by atoms with E-state index in [-0.39, 0.29) is 12.3 Å². The lowest BCUT2D eigenvalue weighted by molar-refractivity contribution is -0.384. The van der Waals surface area contributed by atoms with Crippen LogP contribution in [0.2, 0.25) is 0 Å². The number of aryl methyl sites for hydroxylation is 1. The van der Waals surface area contributed by atoms with Gasteiger partial charge in [-0.25, -0.2) is 4.79 Å². The molecule has 0 saturated carbocycles. The third kappa shape index (κ3) is 4.98. The second-order valence-corrected chi connectivity index (χ2v) is 6.07. The minimum Gasteiger partial charge on any atom is -0.462 e. The van der Waals surface area contributed by atoms with Crippen LogP contribution in [0.5, 0.6) is 0 Å². The molecule has 0 aliphatic carbocycles. The number of carbonyl (C=O) groups is 2. The summed E-state index contributed by atoms with van der Waals surface area (Å²) in [6, 6.07) is 7.64. The summed E-state index contributed by atoms with van der Waals surface area (Å²) in [5.41, 5.74) is 1.22. The molecule has 2 aromatic rings. The smallest absolute Gasteiger partial charge is 0.348 e. The van der Waals surface area contributed by atoms with Crippen molar-refractivity contribution in [2.24, 2.45) is 0 Å². The molecule has 8 heteroatoms. The lowest BCUT2D eigenvalue weighted by Gasteiger charge is -1.99. The number of nitro groups is 1. The first kappa shape index (κ1) is 18.3. The molecule has 0 spiro atoms. The van der Waals surface area contributed by atoms with Gasteiger partial charge in [-0.3, -0.25) is 14.9 Å². The molecule has 1 amide bonds. The highest BCUT2D eigenvalue weighted by molar-refractivity contribution is 7.18. The third-order valence-corrected chi connectivity index (χ3v) is 4.27. The Morgan fingerprint density at radius 3 is 2.80 bits per heavy atom. The number of anilines is 1. The molecule has 0 saturated heterocycles. The van der Waals surface area contributed by atoms with Crippen LogP contribution in [0.4, 0.5) is 10.7 Å². The van der Waals surface area contributed by atoms with Crippen LogP contribution >= 0.6 is 11.3 Å². The number of non-ortho nitro benzene ring substituents is 1. The molecule has 0 bridgehead atoms. The number of amides is 1. The number of nitro benzene ring substituents is 1. The van der Waals surface area contributed by atoms with Gasteiger partial charge in [-0.2, -0.15) is 0 Å². The first-order valence-electron chi connectivity index (χ1n) is 7.41. The van der Waals surface area contributed by atoms with Crippen molar-refractivity contribution in [1.82, 2.24) is 0 Å². The van der Waals surface area contributed by atoms with Gasteiger partial charge in [-0.1, -0.05) is 12.1 Å². The van der Waals surface area contributed by atoms with Crippen molar-refractivity contribution in [3.63, 3.8) is 0 Å². The van der Waals surface area contributed by atoms with Crippen molar-refractivity contribution >= 4 is 40.0 Å². The molecule has 1 N–H and O–H groups in total. The van der Waals surface area contributed by atoms with E-state index in [4.69, 9.17) is 4.74 Å². The molecule has 2 rings (SSSR count). The maximum Gasteiger partial charge on any atom is 0.348 e. The predicted molar refractivity (Wildman–Crippen MR) is 95.8 cm³/mol. The largest absolute Gasteiger partial charge is 0.462 e. The minimum absolute atomic E-state index is 0.0458. The quantitative estimate of drug-likeness (QED) is 0.366. The number of thiophene rings is 1. The van der Waals surface area contributed by atoms with Gasteiger partial charge >= 0.3 is 5.97 Å². The second kappa shape index (κ2) is 8.20. The Labute approximate surface area is 148 Å². The van der Waals surface area contributed by atoms with E-state index in [0.717, 1.165) is 16.9 Å². The fourth-order valence-corrected chi connectivity index (χ4v) is 2.99. The molecule has 0 aliphatic rings. The van der Waals surface area contributed by atoms with Crippen molar-refractivity contribution in [3.05, 3.63) is 62.5 Å². The Bertz CT molecular complexity index is 841. The van der Waals surface area contributed by atoms with Gasteiger partial charge in [0.2, 0.25) is 5.91 Å². The van der Waals surface area contributed by atoms with E-state index in [1.165, 1.54) is 24.3 Å². The van der Waals surface area contributed by atoms with E-state index >= 15 is 0 Å². The fraction of sp³-hybridized carbons (Fsp3) is 0.176. The Morgan fingerprint density at radius 1 is 1.36 bits per heavy atom. The average Bonchev–Trinajstić information content (AvgIpc) is 2.94. The van der Waals surface area contributed by atoms with Crippen molar-refractivity contribution in [2.45, 2.75) is 13.8 Å². The number of hydrogen-bond donors (Lipinski definition) is 1. The van der Waals surface area contributed by atoms with Crippen LogP contribution in [0.15, 0.2) is 36.4 Å². The summed E-state index contributed by atoms with van der Waals surface area (Å²) in [7, 11) is 0. The average molecular weight is 360 g/mol. The number of hydrogen-bond acceptors (Lipinski definition) is 6. The highest BCUT2D eigenvalue weighted by Crippen LogP contribution is 2.27. The Kier molecular flexibility index (Phi) is 6.02. The van der Waals surface area contributed by atoms with Gasteiger partial charge in [0, 0.05) is 18.2 Å².